The van der Waals surface area contributed by atoms with Gasteiger partial charge in [-0.25, -0.2) is 8.78 Å². The second-order valence-electron chi connectivity index (χ2n) is 9.80. The summed E-state index contributed by atoms with van der Waals surface area (Å²) in [5.41, 5.74) is 6.01. The lowest BCUT2D eigenvalue weighted by molar-refractivity contribution is 0.0768. The number of nitrogens with zero attached hydrogens (tertiary/aromatic N) is 3. The van der Waals surface area contributed by atoms with Gasteiger partial charge in [-0.2, -0.15) is 0 Å². The van der Waals surface area contributed by atoms with Gasteiger partial charge in [0.1, 0.15) is 11.6 Å². The Hall–Kier alpha value is -4.32. The lowest BCUT2D eigenvalue weighted by Gasteiger charge is -2.34. The Bertz CT molecular complexity index is 1390. The SMILES string of the molecule is C=C(C)N(C(=O)c1cc(N(C)C(/C=N/C=C(\C)CC)=C/C)ccc1C)C(c1ccc(F)cc1)c1ccc(F)cc1. The van der Waals surface area contributed by atoms with Gasteiger partial charge in [0, 0.05) is 30.2 Å². The van der Waals surface area contributed by atoms with E-state index in [4.69, 9.17) is 0 Å². The minimum Gasteiger partial charge on any atom is -0.344 e. The van der Waals surface area contributed by atoms with E-state index >= 15 is 0 Å². The first kappa shape index (κ1) is 30.2. The van der Waals surface area contributed by atoms with Gasteiger partial charge in [-0.05, 0) is 87.2 Å². The number of hydrogen-bond acceptors (Lipinski definition) is 3. The molecule has 0 unspecified atom stereocenters. The molecule has 0 aliphatic carbocycles. The molecule has 0 atom stereocenters. The highest BCUT2D eigenvalue weighted by Crippen LogP contribution is 2.34. The molecule has 0 heterocycles. The van der Waals surface area contributed by atoms with E-state index in [9.17, 15) is 13.6 Å². The van der Waals surface area contributed by atoms with Crippen molar-refractivity contribution in [2.24, 2.45) is 4.99 Å². The lowest BCUT2D eigenvalue weighted by atomic mass is 9.95. The second kappa shape index (κ2) is 13.7. The third-order valence-electron chi connectivity index (χ3n) is 6.84. The van der Waals surface area contributed by atoms with Gasteiger partial charge >= 0.3 is 0 Å². The summed E-state index contributed by atoms with van der Waals surface area (Å²) in [5, 5.41) is 0. The van der Waals surface area contributed by atoms with Gasteiger partial charge in [0.05, 0.1) is 18.0 Å². The molecule has 0 fully saturated rings. The van der Waals surface area contributed by atoms with Gasteiger partial charge in [0.2, 0.25) is 0 Å². The van der Waals surface area contributed by atoms with Crippen molar-refractivity contribution in [1.82, 2.24) is 4.90 Å². The average Bonchev–Trinajstić information content (AvgIpc) is 2.94. The predicted molar refractivity (Wildman–Crippen MR) is 162 cm³/mol. The fraction of sp³-hybridized carbons (Fsp3) is 0.235. The van der Waals surface area contributed by atoms with E-state index in [2.05, 4.69) is 18.5 Å². The van der Waals surface area contributed by atoms with Gasteiger partial charge in [-0.1, -0.05) is 55.5 Å². The van der Waals surface area contributed by atoms with Gasteiger partial charge in [0.25, 0.3) is 5.91 Å². The van der Waals surface area contributed by atoms with Crippen LogP contribution in [0.25, 0.3) is 0 Å². The quantitative estimate of drug-likeness (QED) is 0.241. The molecule has 1 amide bonds. The third kappa shape index (κ3) is 7.20. The number of aryl methyl sites for hydroxylation is 1. The first-order valence-electron chi connectivity index (χ1n) is 13.3. The summed E-state index contributed by atoms with van der Waals surface area (Å²) < 4.78 is 27.6. The van der Waals surface area contributed by atoms with Crippen molar-refractivity contribution in [1.29, 1.82) is 0 Å². The Kier molecular flexibility index (Phi) is 10.3. The zero-order valence-corrected chi connectivity index (χ0v) is 24.1. The van der Waals surface area contributed by atoms with Gasteiger partial charge in [-0.15, -0.1) is 0 Å². The maximum Gasteiger partial charge on any atom is 0.259 e. The van der Waals surface area contributed by atoms with Gasteiger partial charge in [0.15, 0.2) is 0 Å². The average molecular weight is 542 g/mol. The molecule has 0 radical (unpaired) electrons. The molecule has 0 aliphatic rings. The maximum absolute atomic E-state index is 14.3. The van der Waals surface area contributed by atoms with Crippen LogP contribution in [0.1, 0.15) is 67.2 Å². The fourth-order valence-corrected chi connectivity index (χ4v) is 4.31. The Balaban J connectivity index is 2.07. The Morgan fingerprint density at radius 2 is 1.52 bits per heavy atom. The number of benzene rings is 3. The Morgan fingerprint density at radius 1 is 0.975 bits per heavy atom. The summed E-state index contributed by atoms with van der Waals surface area (Å²) in [6, 6.07) is 17.0. The second-order valence-corrected chi connectivity index (χ2v) is 9.80. The van der Waals surface area contributed by atoms with Crippen LogP contribution in [0.2, 0.25) is 0 Å². The van der Waals surface area contributed by atoms with Crippen molar-refractivity contribution in [3.63, 3.8) is 0 Å². The van der Waals surface area contributed by atoms with E-state index in [0.29, 0.717) is 22.4 Å². The van der Waals surface area contributed by atoms with Crippen LogP contribution in [0, 0.1) is 18.6 Å². The molecule has 40 heavy (non-hydrogen) atoms. The predicted octanol–water partition coefficient (Wildman–Crippen LogP) is 8.76. The fourth-order valence-electron chi connectivity index (χ4n) is 4.31. The van der Waals surface area contributed by atoms with Gasteiger partial charge in [-0.3, -0.25) is 9.79 Å². The molecule has 3 aromatic carbocycles. The van der Waals surface area contributed by atoms with Gasteiger partial charge < -0.3 is 9.80 Å². The van der Waals surface area contributed by atoms with Crippen molar-refractivity contribution < 1.29 is 13.6 Å². The zero-order valence-electron chi connectivity index (χ0n) is 24.1. The monoisotopic (exact) mass is 541 g/mol. The summed E-state index contributed by atoms with van der Waals surface area (Å²) in [4.78, 5) is 22.3. The molecular weight excluding hydrogens is 504 g/mol. The van der Waals surface area contributed by atoms with Crippen LogP contribution in [-0.4, -0.2) is 24.1 Å². The van der Waals surface area contributed by atoms with Crippen LogP contribution in [0.4, 0.5) is 14.5 Å². The van der Waals surface area contributed by atoms with Crippen LogP contribution in [0.15, 0.2) is 108 Å². The first-order valence-corrected chi connectivity index (χ1v) is 13.3. The lowest BCUT2D eigenvalue weighted by Crippen LogP contribution is -2.34. The normalized spacial score (nSPS) is 12.2. The summed E-state index contributed by atoms with van der Waals surface area (Å²) in [7, 11) is 1.92. The van der Waals surface area contributed by atoms with Crippen molar-refractivity contribution >= 4 is 17.8 Å². The minimum atomic E-state index is -0.640. The van der Waals surface area contributed by atoms with Crippen LogP contribution in [0.3, 0.4) is 0 Å². The van der Waals surface area contributed by atoms with Crippen molar-refractivity contribution in [3.05, 3.63) is 136 Å². The molecule has 0 bridgehead atoms. The van der Waals surface area contributed by atoms with E-state index in [1.165, 1.54) is 29.8 Å². The number of aliphatic imine (C=N–C) groups is 1. The molecule has 0 saturated heterocycles. The molecule has 0 spiro atoms. The Morgan fingerprint density at radius 3 is 2.00 bits per heavy atom. The number of amides is 1. The van der Waals surface area contributed by atoms with E-state index in [1.807, 2.05) is 63.2 Å². The number of carbonyl (C=O) groups is 1. The largest absolute Gasteiger partial charge is 0.344 e. The molecule has 3 aromatic rings. The molecule has 3 rings (SSSR count). The topological polar surface area (TPSA) is 35.9 Å². The summed E-state index contributed by atoms with van der Waals surface area (Å²) >= 11 is 0. The number of carbonyl (C=O) groups excluding carboxylic acids is 1. The smallest absolute Gasteiger partial charge is 0.259 e. The van der Waals surface area contributed by atoms with Crippen LogP contribution >= 0.6 is 0 Å². The maximum atomic E-state index is 14.3. The summed E-state index contributed by atoms with van der Waals surface area (Å²) in [6.07, 6.45) is 6.52. The highest BCUT2D eigenvalue weighted by Gasteiger charge is 2.30. The molecule has 0 saturated carbocycles. The summed E-state index contributed by atoms with van der Waals surface area (Å²) in [6.45, 7) is 13.8. The standard InChI is InChI=1S/C34H37F2N3O/c1-8-24(5)21-37-22-30(9-2)38(7)31-19-10-25(6)32(20-31)34(40)39(23(3)4)33(26-11-15-28(35)16-12-26)27-13-17-29(36)18-14-27/h9-22,33H,3,8H2,1-2,4-7H3/b24-21+,30-9+,37-22+. The number of anilines is 1. The molecule has 4 nitrogen and oxygen atoms in total. The van der Waals surface area contributed by atoms with Crippen LogP contribution in [0.5, 0.6) is 0 Å². The molecule has 0 N–H and O–H groups in total. The molecule has 6 heteroatoms. The first-order chi connectivity index (χ1) is 19.1. The minimum absolute atomic E-state index is 0.268. The molecular formula is C34H37F2N3O. The van der Waals surface area contributed by atoms with Crippen molar-refractivity contribution in [2.45, 2.75) is 47.1 Å². The summed E-state index contributed by atoms with van der Waals surface area (Å²) in [5.74, 6) is -1.04. The molecule has 208 valence electrons. The van der Waals surface area contributed by atoms with E-state index < -0.39 is 6.04 Å². The van der Waals surface area contributed by atoms with Crippen molar-refractivity contribution in [2.75, 3.05) is 11.9 Å². The number of halogens is 2. The molecule has 0 aromatic heterocycles. The van der Waals surface area contributed by atoms with E-state index in [0.717, 1.165) is 23.4 Å². The Labute approximate surface area is 236 Å². The van der Waals surface area contributed by atoms with Crippen LogP contribution < -0.4 is 4.90 Å². The van der Waals surface area contributed by atoms with Crippen molar-refractivity contribution in [3.8, 4) is 0 Å². The third-order valence-corrected chi connectivity index (χ3v) is 6.84. The number of rotatable bonds is 10. The molecule has 0 aliphatic heterocycles. The van der Waals surface area contributed by atoms with E-state index in [1.54, 1.807) is 42.3 Å². The zero-order chi connectivity index (χ0) is 29.4. The highest BCUT2D eigenvalue weighted by atomic mass is 19.1. The van der Waals surface area contributed by atoms with Crippen LogP contribution in [-0.2, 0) is 0 Å². The van der Waals surface area contributed by atoms with E-state index in [-0.39, 0.29) is 17.5 Å². The number of hydrogen-bond donors (Lipinski definition) is 0. The number of allylic oxidation sites excluding steroid dienone is 4. The highest BCUT2D eigenvalue weighted by molar-refractivity contribution is 5.98.